The van der Waals surface area contributed by atoms with Gasteiger partial charge in [-0.1, -0.05) is 48.5 Å². The summed E-state index contributed by atoms with van der Waals surface area (Å²) in [4.78, 5) is 11.3. The Hall–Kier alpha value is -2.62. The Bertz CT molecular complexity index is 695. The van der Waals surface area contributed by atoms with Crippen LogP contribution in [0, 0.1) is 6.92 Å². The quantitative estimate of drug-likeness (QED) is 0.937. The molecule has 1 heterocycles. The van der Waals surface area contributed by atoms with Gasteiger partial charge in [-0.05, 0) is 24.1 Å². The number of nitrogens with zero attached hydrogens (tertiary/aromatic N) is 2. The van der Waals surface area contributed by atoms with E-state index in [1.807, 2.05) is 66.5 Å². The maximum absolute atomic E-state index is 11.3. The lowest BCUT2D eigenvalue weighted by Gasteiger charge is -2.25. The van der Waals surface area contributed by atoms with Gasteiger partial charge < -0.3 is 5.11 Å². The molecule has 0 amide bonds. The summed E-state index contributed by atoms with van der Waals surface area (Å²) in [5, 5.41) is 15.4. The second-order valence-corrected chi connectivity index (χ2v) is 5.11. The van der Waals surface area contributed by atoms with Crippen LogP contribution in [-0.2, 0) is 4.79 Å². The molecule has 106 valence electrons. The average molecular weight is 280 g/mol. The fourth-order valence-electron chi connectivity index (χ4n) is 2.62. The molecule has 4 heteroatoms. The first kappa shape index (κ1) is 13.4. The van der Waals surface area contributed by atoms with Crippen LogP contribution < -0.4 is 5.01 Å². The first-order valence-corrected chi connectivity index (χ1v) is 6.87. The summed E-state index contributed by atoms with van der Waals surface area (Å²) in [6.45, 7) is 2.01. The topological polar surface area (TPSA) is 52.9 Å². The highest BCUT2D eigenvalue weighted by atomic mass is 16.4. The van der Waals surface area contributed by atoms with E-state index in [9.17, 15) is 9.90 Å². The molecule has 0 spiro atoms. The number of carbonyl (C=O) groups is 1. The minimum absolute atomic E-state index is 0.0709. The van der Waals surface area contributed by atoms with E-state index in [4.69, 9.17) is 0 Å². The zero-order valence-corrected chi connectivity index (χ0v) is 11.7. The van der Waals surface area contributed by atoms with Crippen LogP contribution in [0.3, 0.4) is 0 Å². The zero-order chi connectivity index (χ0) is 14.8. The Morgan fingerprint density at radius 1 is 1.14 bits per heavy atom. The molecule has 4 nitrogen and oxygen atoms in total. The van der Waals surface area contributed by atoms with Gasteiger partial charge in [0.05, 0.1) is 11.7 Å². The van der Waals surface area contributed by atoms with Crippen LogP contribution in [0.25, 0.3) is 0 Å². The predicted octanol–water partition coefficient (Wildman–Crippen LogP) is 3.39. The van der Waals surface area contributed by atoms with Crippen molar-refractivity contribution in [3.63, 3.8) is 0 Å². The number of carboxylic acid groups (broad SMARTS) is 1. The average Bonchev–Trinajstić information content (AvgIpc) is 2.94. The summed E-state index contributed by atoms with van der Waals surface area (Å²) in [6, 6.07) is 17.7. The van der Waals surface area contributed by atoms with Crippen molar-refractivity contribution in [2.45, 2.75) is 19.4 Å². The molecular weight excluding hydrogens is 264 g/mol. The van der Waals surface area contributed by atoms with Gasteiger partial charge >= 0.3 is 5.97 Å². The van der Waals surface area contributed by atoms with Crippen LogP contribution in [0.15, 0.2) is 59.7 Å². The number of benzene rings is 2. The molecule has 0 aromatic heterocycles. The van der Waals surface area contributed by atoms with Gasteiger partial charge in [0.15, 0.2) is 0 Å². The molecule has 1 aliphatic heterocycles. The number of aliphatic carboxylic acids is 1. The molecule has 21 heavy (non-hydrogen) atoms. The van der Waals surface area contributed by atoms with Gasteiger partial charge in [0.2, 0.25) is 0 Å². The molecule has 3 rings (SSSR count). The van der Waals surface area contributed by atoms with Crippen molar-refractivity contribution in [2.75, 3.05) is 5.01 Å². The summed E-state index contributed by atoms with van der Waals surface area (Å²) in [5.74, 6) is -0.952. The van der Waals surface area contributed by atoms with Gasteiger partial charge in [-0.2, -0.15) is 5.10 Å². The lowest BCUT2D eigenvalue weighted by atomic mass is 10.0. The lowest BCUT2D eigenvalue weighted by molar-refractivity contribution is -0.129. The van der Waals surface area contributed by atoms with Gasteiger partial charge in [-0.25, -0.2) is 4.79 Å². The molecule has 0 aliphatic carbocycles. The van der Waals surface area contributed by atoms with Crippen LogP contribution in [0.1, 0.15) is 23.6 Å². The molecule has 2 aromatic carbocycles. The molecule has 0 saturated carbocycles. The predicted molar refractivity (Wildman–Crippen MR) is 82.5 cm³/mol. The summed E-state index contributed by atoms with van der Waals surface area (Å²) in [6.07, 6.45) is 0.410. The second-order valence-electron chi connectivity index (χ2n) is 5.11. The molecule has 0 radical (unpaired) electrons. The number of hydrogen-bond acceptors (Lipinski definition) is 3. The molecule has 1 N–H and O–H groups in total. The normalized spacial score (nSPS) is 17.7. The number of aryl methyl sites for hydroxylation is 1. The first-order valence-electron chi connectivity index (χ1n) is 6.87. The number of carboxylic acids is 1. The van der Waals surface area contributed by atoms with Crippen molar-refractivity contribution in [3.05, 3.63) is 65.7 Å². The van der Waals surface area contributed by atoms with Crippen LogP contribution in [-0.4, -0.2) is 16.8 Å². The third kappa shape index (κ3) is 2.52. The maximum atomic E-state index is 11.3. The van der Waals surface area contributed by atoms with Crippen molar-refractivity contribution in [3.8, 4) is 0 Å². The molecule has 0 saturated heterocycles. The van der Waals surface area contributed by atoms with Crippen molar-refractivity contribution < 1.29 is 9.90 Å². The Morgan fingerprint density at radius 2 is 1.81 bits per heavy atom. The van der Waals surface area contributed by atoms with Gasteiger partial charge in [0.1, 0.15) is 5.71 Å². The standard InChI is InChI=1S/C17H16N2O2/c1-12-7-5-6-10-15(12)19-16(11-14(18-19)17(20)21)13-8-3-2-4-9-13/h2-10,16H,11H2,1H3,(H,20,21). The fourth-order valence-corrected chi connectivity index (χ4v) is 2.62. The minimum atomic E-state index is -0.952. The van der Waals surface area contributed by atoms with Gasteiger partial charge in [-0.15, -0.1) is 0 Å². The summed E-state index contributed by atoms with van der Waals surface area (Å²) >= 11 is 0. The van der Waals surface area contributed by atoms with E-state index in [0.717, 1.165) is 16.8 Å². The molecule has 1 unspecified atom stereocenters. The highest BCUT2D eigenvalue weighted by Gasteiger charge is 2.32. The lowest BCUT2D eigenvalue weighted by Crippen LogP contribution is -2.19. The Kier molecular flexibility index (Phi) is 3.44. The fraction of sp³-hybridized carbons (Fsp3) is 0.176. The number of anilines is 1. The highest BCUT2D eigenvalue weighted by molar-refractivity contribution is 6.36. The third-order valence-corrected chi connectivity index (χ3v) is 3.70. The number of para-hydroxylation sites is 1. The van der Waals surface area contributed by atoms with Crippen molar-refractivity contribution in [2.24, 2.45) is 5.10 Å². The minimum Gasteiger partial charge on any atom is -0.477 e. The number of hydrogen-bond donors (Lipinski definition) is 1. The highest BCUT2D eigenvalue weighted by Crippen LogP contribution is 2.36. The third-order valence-electron chi connectivity index (χ3n) is 3.70. The van der Waals surface area contributed by atoms with Crippen LogP contribution in [0.2, 0.25) is 0 Å². The maximum Gasteiger partial charge on any atom is 0.352 e. The van der Waals surface area contributed by atoms with Gasteiger partial charge in [0.25, 0.3) is 0 Å². The monoisotopic (exact) mass is 280 g/mol. The van der Waals surface area contributed by atoms with Crippen LogP contribution >= 0.6 is 0 Å². The SMILES string of the molecule is Cc1ccccc1N1N=C(C(=O)O)CC1c1ccccc1. The van der Waals surface area contributed by atoms with E-state index in [1.54, 1.807) is 0 Å². The van der Waals surface area contributed by atoms with E-state index in [2.05, 4.69) is 5.10 Å². The molecule has 1 aliphatic rings. The molecular formula is C17H16N2O2. The van der Waals surface area contributed by atoms with E-state index in [1.165, 1.54) is 0 Å². The van der Waals surface area contributed by atoms with Crippen molar-refractivity contribution in [1.29, 1.82) is 0 Å². The van der Waals surface area contributed by atoms with Gasteiger partial charge in [-0.3, -0.25) is 5.01 Å². The second kappa shape index (κ2) is 5.40. The smallest absolute Gasteiger partial charge is 0.352 e. The van der Waals surface area contributed by atoms with Crippen molar-refractivity contribution in [1.82, 2.24) is 0 Å². The Balaban J connectivity index is 2.05. The summed E-state index contributed by atoms with van der Waals surface area (Å²) in [5.41, 5.74) is 3.30. The van der Waals surface area contributed by atoms with E-state index in [-0.39, 0.29) is 11.8 Å². The molecule has 1 atom stereocenters. The molecule has 0 bridgehead atoms. The van der Waals surface area contributed by atoms with Gasteiger partial charge in [0, 0.05) is 6.42 Å². The van der Waals surface area contributed by atoms with E-state index < -0.39 is 5.97 Å². The molecule has 2 aromatic rings. The van der Waals surface area contributed by atoms with Crippen LogP contribution in [0.4, 0.5) is 5.69 Å². The Morgan fingerprint density at radius 3 is 2.48 bits per heavy atom. The zero-order valence-electron chi connectivity index (χ0n) is 11.7. The first-order chi connectivity index (χ1) is 10.2. The van der Waals surface area contributed by atoms with Crippen LogP contribution in [0.5, 0.6) is 0 Å². The largest absolute Gasteiger partial charge is 0.477 e. The summed E-state index contributed by atoms with van der Waals surface area (Å²) in [7, 11) is 0. The number of rotatable bonds is 3. The molecule has 0 fully saturated rings. The van der Waals surface area contributed by atoms with E-state index >= 15 is 0 Å². The van der Waals surface area contributed by atoms with Crippen molar-refractivity contribution >= 4 is 17.4 Å². The van der Waals surface area contributed by atoms with E-state index in [0.29, 0.717) is 6.42 Å². The number of hydrazone groups is 1. The Labute approximate surface area is 123 Å². The summed E-state index contributed by atoms with van der Waals surface area (Å²) < 4.78 is 0.